The maximum absolute atomic E-state index is 11.8. The van der Waals surface area contributed by atoms with Crippen LogP contribution in [0.2, 0.25) is 0 Å². The van der Waals surface area contributed by atoms with Crippen LogP contribution in [0, 0.1) is 11.8 Å². The Kier molecular flexibility index (Phi) is 6.85. The number of nitrogens with zero attached hydrogens (tertiary/aromatic N) is 1. The summed E-state index contributed by atoms with van der Waals surface area (Å²) in [4.78, 5) is 15.7. The molecule has 1 aromatic heterocycles. The molecule has 0 bridgehead atoms. The quantitative estimate of drug-likeness (QED) is 0.720. The van der Waals surface area contributed by atoms with E-state index in [2.05, 4.69) is 22.1 Å². The van der Waals surface area contributed by atoms with Gasteiger partial charge in [-0.2, -0.15) is 0 Å². The first-order chi connectivity index (χ1) is 9.98. The van der Waals surface area contributed by atoms with E-state index in [4.69, 9.17) is 5.11 Å². The Hall–Kier alpha value is -1.91. The average Bonchev–Trinajstić information content (AvgIpc) is 2.48. The monoisotopic (exact) mass is 310 g/mol. The van der Waals surface area contributed by atoms with E-state index >= 15 is 0 Å². The van der Waals surface area contributed by atoms with E-state index in [1.165, 1.54) is 12.3 Å². The molecule has 1 heterocycles. The first kappa shape index (κ1) is 17.1. The van der Waals surface area contributed by atoms with Crippen LogP contribution in [0.15, 0.2) is 18.3 Å². The lowest BCUT2D eigenvalue weighted by molar-refractivity contribution is 0.0951. The van der Waals surface area contributed by atoms with Crippen LogP contribution in [0.25, 0.3) is 0 Å². The van der Waals surface area contributed by atoms with Crippen LogP contribution < -0.4 is 5.32 Å². The zero-order valence-electron chi connectivity index (χ0n) is 11.8. The Morgan fingerprint density at radius 1 is 1.43 bits per heavy atom. The smallest absolute Gasteiger partial charge is 0.269 e. The van der Waals surface area contributed by atoms with Crippen LogP contribution in [0.5, 0.6) is 0 Å². The molecule has 1 aromatic rings. The van der Waals surface area contributed by atoms with Gasteiger partial charge in [0.05, 0.1) is 12.4 Å². The number of carbonyl (C=O) groups excluding carboxylic acids is 1. The highest BCUT2D eigenvalue weighted by Crippen LogP contribution is 1.99. The number of hydrogen-bond donors (Lipinski definition) is 2. The molecule has 0 fully saturated rings. The van der Waals surface area contributed by atoms with Crippen LogP contribution in [0.4, 0.5) is 0 Å². The second-order valence-electron chi connectivity index (χ2n) is 4.20. The standard InChI is InChI=1S/C14H18N2O4S/c1-2-21(19,20)10-8-15-14(18)13-7-6-12(11-16-13)5-3-4-9-17/h6-7,11,17H,2,4,8-10H2,1H3,(H,15,18). The molecule has 2 N–H and O–H groups in total. The summed E-state index contributed by atoms with van der Waals surface area (Å²) in [5.41, 5.74) is 0.852. The predicted octanol–water partition coefficient (Wildman–Crippen LogP) is -0.0200. The van der Waals surface area contributed by atoms with E-state index in [1.807, 2.05) is 0 Å². The van der Waals surface area contributed by atoms with Crippen molar-refractivity contribution in [3.8, 4) is 11.8 Å². The van der Waals surface area contributed by atoms with Gasteiger partial charge < -0.3 is 10.4 Å². The van der Waals surface area contributed by atoms with Crippen molar-refractivity contribution in [3.63, 3.8) is 0 Å². The molecule has 0 aliphatic heterocycles. The van der Waals surface area contributed by atoms with Gasteiger partial charge in [-0.1, -0.05) is 18.8 Å². The van der Waals surface area contributed by atoms with Crippen molar-refractivity contribution in [3.05, 3.63) is 29.6 Å². The summed E-state index contributed by atoms with van der Waals surface area (Å²) in [6.45, 7) is 1.63. The summed E-state index contributed by atoms with van der Waals surface area (Å²) in [5.74, 6) is 5.10. The lowest BCUT2D eigenvalue weighted by Gasteiger charge is -2.04. The number of aliphatic hydroxyl groups is 1. The van der Waals surface area contributed by atoms with Gasteiger partial charge in [-0.25, -0.2) is 13.4 Å². The fourth-order valence-corrected chi connectivity index (χ4v) is 2.08. The number of amides is 1. The zero-order chi connectivity index (χ0) is 15.7. The molecule has 21 heavy (non-hydrogen) atoms. The summed E-state index contributed by atoms with van der Waals surface area (Å²) in [7, 11) is -3.09. The van der Waals surface area contributed by atoms with E-state index < -0.39 is 15.7 Å². The predicted molar refractivity (Wildman–Crippen MR) is 79.5 cm³/mol. The Labute approximate surface area is 124 Å². The molecule has 0 radical (unpaired) electrons. The summed E-state index contributed by atoms with van der Waals surface area (Å²) < 4.78 is 22.6. The number of nitrogens with one attached hydrogen (secondary N) is 1. The number of rotatable bonds is 6. The zero-order valence-corrected chi connectivity index (χ0v) is 12.6. The highest BCUT2D eigenvalue weighted by Gasteiger charge is 2.10. The van der Waals surface area contributed by atoms with Gasteiger partial charge in [0.1, 0.15) is 5.69 Å². The van der Waals surface area contributed by atoms with E-state index in [1.54, 1.807) is 13.0 Å². The van der Waals surface area contributed by atoms with Crippen LogP contribution in [0.1, 0.15) is 29.4 Å². The number of pyridine rings is 1. The minimum Gasteiger partial charge on any atom is -0.395 e. The highest BCUT2D eigenvalue weighted by molar-refractivity contribution is 7.91. The lowest BCUT2D eigenvalue weighted by atomic mass is 10.2. The lowest BCUT2D eigenvalue weighted by Crippen LogP contribution is -2.30. The normalized spacial score (nSPS) is 10.6. The summed E-state index contributed by atoms with van der Waals surface area (Å²) in [6.07, 6.45) is 1.84. The third-order valence-electron chi connectivity index (χ3n) is 2.60. The number of carbonyl (C=O) groups is 1. The van der Waals surface area contributed by atoms with Crippen molar-refractivity contribution in [1.82, 2.24) is 10.3 Å². The Morgan fingerprint density at radius 3 is 2.76 bits per heavy atom. The molecule has 7 heteroatoms. The number of hydrogen-bond acceptors (Lipinski definition) is 5. The molecule has 0 saturated carbocycles. The van der Waals surface area contributed by atoms with Gasteiger partial charge in [0.25, 0.3) is 5.91 Å². The minimum absolute atomic E-state index is 0.00157. The maximum Gasteiger partial charge on any atom is 0.269 e. The van der Waals surface area contributed by atoms with Gasteiger partial charge in [-0.15, -0.1) is 0 Å². The molecule has 0 unspecified atom stereocenters. The Morgan fingerprint density at radius 2 is 2.19 bits per heavy atom. The van der Waals surface area contributed by atoms with E-state index in [-0.39, 0.29) is 30.4 Å². The van der Waals surface area contributed by atoms with Crippen molar-refractivity contribution >= 4 is 15.7 Å². The maximum atomic E-state index is 11.8. The van der Waals surface area contributed by atoms with Crippen LogP contribution in [0.3, 0.4) is 0 Å². The van der Waals surface area contributed by atoms with Gasteiger partial charge >= 0.3 is 0 Å². The van der Waals surface area contributed by atoms with Crippen LogP contribution >= 0.6 is 0 Å². The van der Waals surface area contributed by atoms with Gasteiger partial charge in [-0.05, 0) is 12.1 Å². The van der Waals surface area contributed by atoms with Crippen molar-refractivity contribution in [2.24, 2.45) is 0 Å². The average molecular weight is 310 g/mol. The van der Waals surface area contributed by atoms with E-state index in [0.717, 1.165) is 0 Å². The van der Waals surface area contributed by atoms with Crippen molar-refractivity contribution in [1.29, 1.82) is 0 Å². The Bertz CT molecular complexity index is 627. The molecule has 0 aliphatic rings. The molecule has 0 saturated heterocycles. The van der Waals surface area contributed by atoms with Crippen molar-refractivity contribution < 1.29 is 18.3 Å². The topological polar surface area (TPSA) is 96.4 Å². The molecule has 1 amide bonds. The first-order valence-corrected chi connectivity index (χ1v) is 8.35. The van der Waals surface area contributed by atoms with Gasteiger partial charge in [-0.3, -0.25) is 4.79 Å². The molecule has 6 nitrogen and oxygen atoms in total. The molecule has 1 rings (SSSR count). The third-order valence-corrected chi connectivity index (χ3v) is 4.31. The molecule has 0 aromatic carbocycles. The molecular formula is C14H18N2O4S. The largest absolute Gasteiger partial charge is 0.395 e. The first-order valence-electron chi connectivity index (χ1n) is 6.53. The number of aromatic nitrogens is 1. The van der Waals surface area contributed by atoms with Gasteiger partial charge in [0.15, 0.2) is 9.84 Å². The Balaban J connectivity index is 2.54. The van der Waals surface area contributed by atoms with Crippen LogP contribution in [-0.4, -0.2) is 49.1 Å². The molecular weight excluding hydrogens is 292 g/mol. The SMILES string of the molecule is CCS(=O)(=O)CCNC(=O)c1ccc(C#CCCO)cn1. The second kappa shape index (κ2) is 8.39. The number of sulfone groups is 1. The summed E-state index contributed by atoms with van der Waals surface area (Å²) >= 11 is 0. The van der Waals surface area contributed by atoms with E-state index in [9.17, 15) is 13.2 Å². The second-order valence-corrected chi connectivity index (χ2v) is 6.67. The third kappa shape index (κ3) is 6.38. The van der Waals surface area contributed by atoms with Gasteiger partial charge in [0, 0.05) is 30.5 Å². The minimum atomic E-state index is -3.09. The molecule has 0 aliphatic carbocycles. The summed E-state index contributed by atoms with van der Waals surface area (Å²) in [5, 5.41) is 11.1. The number of aliphatic hydroxyl groups excluding tert-OH is 1. The molecule has 0 spiro atoms. The fraction of sp³-hybridized carbons (Fsp3) is 0.429. The van der Waals surface area contributed by atoms with Crippen molar-refractivity contribution in [2.45, 2.75) is 13.3 Å². The van der Waals surface area contributed by atoms with Crippen LogP contribution in [-0.2, 0) is 9.84 Å². The van der Waals surface area contributed by atoms with E-state index in [0.29, 0.717) is 12.0 Å². The molecule has 114 valence electrons. The van der Waals surface area contributed by atoms with Gasteiger partial charge in [0.2, 0.25) is 0 Å². The van der Waals surface area contributed by atoms with Crippen molar-refractivity contribution in [2.75, 3.05) is 24.7 Å². The summed E-state index contributed by atoms with van der Waals surface area (Å²) in [6, 6.07) is 3.17. The molecule has 0 atom stereocenters. The fourth-order valence-electron chi connectivity index (χ4n) is 1.38. The highest BCUT2D eigenvalue weighted by atomic mass is 32.2.